The lowest BCUT2D eigenvalue weighted by atomic mass is 10.0. The minimum atomic E-state index is -0.722. The van der Waals surface area contributed by atoms with Gasteiger partial charge in [-0.05, 0) is 31.4 Å². The van der Waals surface area contributed by atoms with Crippen molar-refractivity contribution in [2.24, 2.45) is 0 Å². The monoisotopic (exact) mass is 360 g/mol. The Hall–Kier alpha value is -2.74. The highest BCUT2D eigenvalue weighted by atomic mass is 32.1. The van der Waals surface area contributed by atoms with E-state index in [0.717, 1.165) is 35.4 Å². The van der Waals surface area contributed by atoms with Gasteiger partial charge in [0.25, 0.3) is 11.6 Å². The number of hydrogen-bond acceptors (Lipinski definition) is 6. The number of para-hydroxylation sites is 1. The Morgan fingerprint density at radius 1 is 1.36 bits per heavy atom. The number of fused-ring (bicyclic) bond motifs is 1. The van der Waals surface area contributed by atoms with Crippen LogP contribution in [0.15, 0.2) is 30.3 Å². The lowest BCUT2D eigenvalue weighted by Gasteiger charge is -2.29. The summed E-state index contributed by atoms with van der Waals surface area (Å²) >= 11 is 0.986. The predicted octanol–water partition coefficient (Wildman–Crippen LogP) is 3.10. The van der Waals surface area contributed by atoms with Crippen molar-refractivity contribution >= 4 is 34.6 Å². The summed E-state index contributed by atoms with van der Waals surface area (Å²) in [5, 5.41) is 10.8. The molecule has 3 rings (SSSR count). The Labute approximate surface area is 148 Å². The summed E-state index contributed by atoms with van der Waals surface area (Å²) in [6.07, 6.45) is 1.77. The Kier molecular flexibility index (Phi) is 4.80. The van der Waals surface area contributed by atoms with Crippen molar-refractivity contribution in [1.82, 2.24) is 0 Å². The van der Waals surface area contributed by atoms with Gasteiger partial charge in [0.05, 0.1) is 9.80 Å². The van der Waals surface area contributed by atoms with Gasteiger partial charge in [-0.1, -0.05) is 18.2 Å². The van der Waals surface area contributed by atoms with Crippen LogP contribution in [0.1, 0.15) is 26.5 Å². The van der Waals surface area contributed by atoms with E-state index in [4.69, 9.17) is 4.74 Å². The number of benzene rings is 1. The largest absolute Gasteiger partial charge is 0.451 e. The molecular formula is C17H16N2O5S. The lowest BCUT2D eigenvalue weighted by molar-refractivity contribution is -0.385. The Morgan fingerprint density at radius 2 is 2.12 bits per heavy atom. The highest BCUT2D eigenvalue weighted by molar-refractivity contribution is 7.14. The van der Waals surface area contributed by atoms with Crippen LogP contribution in [-0.4, -0.2) is 30.0 Å². The summed E-state index contributed by atoms with van der Waals surface area (Å²) in [6, 6.07) is 8.83. The van der Waals surface area contributed by atoms with Crippen LogP contribution in [0.4, 0.5) is 11.4 Å². The van der Waals surface area contributed by atoms with Gasteiger partial charge in [-0.15, -0.1) is 11.3 Å². The zero-order chi connectivity index (χ0) is 18.0. The van der Waals surface area contributed by atoms with E-state index in [2.05, 4.69) is 0 Å². The van der Waals surface area contributed by atoms with Crippen LogP contribution in [0, 0.1) is 17.0 Å². The maximum absolute atomic E-state index is 12.4. The fourth-order valence-corrected chi connectivity index (χ4v) is 3.70. The molecule has 0 spiro atoms. The number of aryl methyl sites for hydroxylation is 2. The average Bonchev–Trinajstić information content (AvgIpc) is 3.01. The molecular weight excluding hydrogens is 344 g/mol. The van der Waals surface area contributed by atoms with Gasteiger partial charge in [0.15, 0.2) is 6.61 Å². The van der Waals surface area contributed by atoms with Crippen molar-refractivity contribution in [2.75, 3.05) is 18.1 Å². The van der Waals surface area contributed by atoms with E-state index in [9.17, 15) is 19.7 Å². The van der Waals surface area contributed by atoms with Gasteiger partial charge in [0.1, 0.15) is 4.88 Å². The Balaban J connectivity index is 1.66. The third kappa shape index (κ3) is 3.53. The standard InChI is InChI=1S/C17H16N2O5S/c1-11-14(19(22)23)9-15(25-11)17(21)24-10-16(20)18-8-4-6-12-5-2-3-7-13(12)18/h2-3,5,7,9H,4,6,8,10H2,1H3. The molecule has 0 aliphatic carbocycles. The summed E-state index contributed by atoms with van der Waals surface area (Å²) < 4.78 is 5.06. The molecule has 0 unspecified atom stereocenters. The molecule has 1 amide bonds. The van der Waals surface area contributed by atoms with E-state index in [1.54, 1.807) is 11.8 Å². The number of amides is 1. The Bertz CT molecular complexity index is 845. The number of carbonyl (C=O) groups is 2. The molecule has 0 atom stereocenters. The SMILES string of the molecule is Cc1sc(C(=O)OCC(=O)N2CCCc3ccccc32)cc1[N+](=O)[O-]. The van der Waals surface area contributed by atoms with Gasteiger partial charge in [-0.2, -0.15) is 0 Å². The number of carbonyl (C=O) groups excluding carboxylic acids is 2. The number of anilines is 1. The molecule has 7 nitrogen and oxygen atoms in total. The molecule has 1 aromatic carbocycles. The molecule has 2 heterocycles. The maximum atomic E-state index is 12.4. The number of nitrogens with zero attached hydrogens (tertiary/aromatic N) is 2. The first-order valence-corrected chi connectivity index (χ1v) is 8.59. The third-order valence-corrected chi connectivity index (χ3v) is 5.05. The highest BCUT2D eigenvalue weighted by Gasteiger charge is 2.25. The zero-order valence-electron chi connectivity index (χ0n) is 13.6. The molecule has 2 aromatic rings. The second-order valence-corrected chi connectivity index (χ2v) is 6.92. The maximum Gasteiger partial charge on any atom is 0.349 e. The summed E-state index contributed by atoms with van der Waals surface area (Å²) in [5.74, 6) is -1.02. The van der Waals surface area contributed by atoms with E-state index in [1.807, 2.05) is 24.3 Å². The molecule has 1 aliphatic rings. The van der Waals surface area contributed by atoms with Crippen molar-refractivity contribution in [2.45, 2.75) is 19.8 Å². The second kappa shape index (κ2) is 7.02. The number of nitro groups is 1. The molecule has 0 saturated heterocycles. The molecule has 0 radical (unpaired) electrons. The molecule has 8 heteroatoms. The first-order chi connectivity index (χ1) is 12.0. The molecule has 25 heavy (non-hydrogen) atoms. The van der Waals surface area contributed by atoms with E-state index in [0.29, 0.717) is 11.4 Å². The molecule has 0 bridgehead atoms. The fourth-order valence-electron chi connectivity index (χ4n) is 2.82. The van der Waals surface area contributed by atoms with Gasteiger partial charge < -0.3 is 9.64 Å². The number of rotatable bonds is 4. The topological polar surface area (TPSA) is 89.8 Å². The summed E-state index contributed by atoms with van der Waals surface area (Å²) in [4.78, 5) is 36.9. The van der Waals surface area contributed by atoms with Crippen molar-refractivity contribution in [3.05, 3.63) is 55.8 Å². The van der Waals surface area contributed by atoms with Crippen LogP contribution >= 0.6 is 11.3 Å². The predicted molar refractivity (Wildman–Crippen MR) is 93.1 cm³/mol. The fraction of sp³-hybridized carbons (Fsp3) is 0.294. The highest BCUT2D eigenvalue weighted by Crippen LogP contribution is 2.29. The minimum Gasteiger partial charge on any atom is -0.451 e. The summed E-state index contributed by atoms with van der Waals surface area (Å²) in [6.45, 7) is 1.75. The molecule has 0 saturated carbocycles. The molecule has 1 aromatic heterocycles. The number of ether oxygens (including phenoxy) is 1. The van der Waals surface area contributed by atoms with Gasteiger partial charge >= 0.3 is 5.97 Å². The molecule has 0 fully saturated rings. The zero-order valence-corrected chi connectivity index (χ0v) is 14.4. The second-order valence-electron chi connectivity index (χ2n) is 5.66. The quantitative estimate of drug-likeness (QED) is 0.475. The minimum absolute atomic E-state index is 0.117. The van der Waals surface area contributed by atoms with E-state index in [1.165, 1.54) is 6.07 Å². The van der Waals surface area contributed by atoms with Crippen LogP contribution in [-0.2, 0) is 16.0 Å². The van der Waals surface area contributed by atoms with Gasteiger partial charge in [0.2, 0.25) is 0 Å². The van der Waals surface area contributed by atoms with E-state index >= 15 is 0 Å². The molecule has 1 aliphatic heterocycles. The number of esters is 1. The van der Waals surface area contributed by atoms with Crippen LogP contribution in [0.2, 0.25) is 0 Å². The smallest absolute Gasteiger partial charge is 0.349 e. The van der Waals surface area contributed by atoms with Crippen LogP contribution < -0.4 is 4.90 Å². The lowest BCUT2D eigenvalue weighted by Crippen LogP contribution is -2.38. The van der Waals surface area contributed by atoms with E-state index in [-0.39, 0.29) is 16.5 Å². The average molecular weight is 360 g/mol. The summed E-state index contributed by atoms with van der Waals surface area (Å²) in [7, 11) is 0. The van der Waals surface area contributed by atoms with Crippen LogP contribution in [0.3, 0.4) is 0 Å². The molecule has 0 N–H and O–H groups in total. The van der Waals surface area contributed by atoms with Gasteiger partial charge in [-0.3, -0.25) is 14.9 Å². The third-order valence-electron chi connectivity index (χ3n) is 4.03. The van der Waals surface area contributed by atoms with Crippen LogP contribution in [0.5, 0.6) is 0 Å². The first-order valence-electron chi connectivity index (χ1n) is 7.77. The van der Waals surface area contributed by atoms with Crippen molar-refractivity contribution in [3.63, 3.8) is 0 Å². The van der Waals surface area contributed by atoms with Crippen molar-refractivity contribution in [3.8, 4) is 0 Å². The van der Waals surface area contributed by atoms with Crippen molar-refractivity contribution in [1.29, 1.82) is 0 Å². The van der Waals surface area contributed by atoms with E-state index < -0.39 is 17.5 Å². The first kappa shape index (κ1) is 17.1. The summed E-state index contributed by atoms with van der Waals surface area (Å²) in [5.41, 5.74) is 1.82. The molecule has 130 valence electrons. The number of thiophene rings is 1. The van der Waals surface area contributed by atoms with Crippen LogP contribution in [0.25, 0.3) is 0 Å². The van der Waals surface area contributed by atoms with Crippen molar-refractivity contribution < 1.29 is 19.2 Å². The number of hydrogen-bond donors (Lipinski definition) is 0. The Morgan fingerprint density at radius 3 is 2.84 bits per heavy atom. The normalized spacial score (nSPS) is 13.2. The van der Waals surface area contributed by atoms with Gasteiger partial charge in [0, 0.05) is 18.3 Å². The van der Waals surface area contributed by atoms with Gasteiger partial charge in [-0.25, -0.2) is 4.79 Å².